The zero-order valence-electron chi connectivity index (χ0n) is 16.8. The zero-order chi connectivity index (χ0) is 20.4. The van der Waals surface area contributed by atoms with E-state index in [1.165, 1.54) is 0 Å². The molecule has 0 fully saturated rings. The third-order valence-corrected chi connectivity index (χ3v) is 4.44. The first-order valence-corrected chi connectivity index (χ1v) is 9.35. The van der Waals surface area contributed by atoms with E-state index >= 15 is 0 Å². The van der Waals surface area contributed by atoms with Crippen LogP contribution in [0.3, 0.4) is 0 Å². The average molecular weight is 390 g/mol. The number of aryl methyl sites for hydroxylation is 1. The third-order valence-electron chi connectivity index (χ3n) is 4.44. The van der Waals surface area contributed by atoms with Gasteiger partial charge in [-0.1, -0.05) is 29.4 Å². The van der Waals surface area contributed by atoms with Gasteiger partial charge in [-0.25, -0.2) is 0 Å². The van der Waals surface area contributed by atoms with Crippen LogP contribution in [0.5, 0.6) is 11.5 Å². The zero-order valence-corrected chi connectivity index (χ0v) is 16.8. The number of benzene rings is 2. The predicted molar refractivity (Wildman–Crippen MR) is 110 cm³/mol. The standard InChI is InChI=1S/C22H22N4O3/c1-13(2)28-19-10-9-15(11-20(19)27-4)21-23-22(29-26-21)18-12-17(24-25-18)16-8-6-5-7-14(16)3/h5-13H,1-4H3,(H,24,25). The monoisotopic (exact) mass is 390 g/mol. The Morgan fingerprint density at radius 1 is 1.03 bits per heavy atom. The molecule has 0 amide bonds. The van der Waals surface area contributed by atoms with Crippen LogP contribution in [0, 0.1) is 6.92 Å². The van der Waals surface area contributed by atoms with E-state index in [1.807, 2.05) is 56.3 Å². The maximum Gasteiger partial charge on any atom is 0.276 e. The minimum absolute atomic E-state index is 0.0503. The van der Waals surface area contributed by atoms with Crippen molar-refractivity contribution in [2.45, 2.75) is 26.9 Å². The van der Waals surface area contributed by atoms with Gasteiger partial charge in [-0.3, -0.25) is 5.10 Å². The Balaban J connectivity index is 1.62. The van der Waals surface area contributed by atoms with Crippen molar-refractivity contribution in [1.29, 1.82) is 0 Å². The van der Waals surface area contributed by atoms with Gasteiger partial charge < -0.3 is 14.0 Å². The molecule has 7 heteroatoms. The van der Waals surface area contributed by atoms with Crippen LogP contribution < -0.4 is 9.47 Å². The Morgan fingerprint density at radius 3 is 2.62 bits per heavy atom. The molecule has 0 aliphatic heterocycles. The lowest BCUT2D eigenvalue weighted by Gasteiger charge is -2.13. The van der Waals surface area contributed by atoms with Gasteiger partial charge in [-0.2, -0.15) is 10.1 Å². The number of aromatic amines is 1. The Kier molecular flexibility index (Phi) is 5.03. The van der Waals surface area contributed by atoms with Crippen LogP contribution in [0.2, 0.25) is 0 Å². The Hall–Kier alpha value is -3.61. The number of rotatable bonds is 6. The summed E-state index contributed by atoms with van der Waals surface area (Å²) >= 11 is 0. The van der Waals surface area contributed by atoms with E-state index in [-0.39, 0.29) is 6.10 Å². The van der Waals surface area contributed by atoms with Gasteiger partial charge in [0.15, 0.2) is 11.5 Å². The summed E-state index contributed by atoms with van der Waals surface area (Å²) in [6.45, 7) is 5.98. The molecule has 1 N–H and O–H groups in total. The largest absolute Gasteiger partial charge is 0.493 e. The summed E-state index contributed by atoms with van der Waals surface area (Å²) in [7, 11) is 1.60. The van der Waals surface area contributed by atoms with Crippen LogP contribution >= 0.6 is 0 Å². The van der Waals surface area contributed by atoms with Crippen molar-refractivity contribution in [3.8, 4) is 45.7 Å². The SMILES string of the molecule is COc1cc(-c2noc(-c3cc(-c4ccccc4C)n[nH]3)n2)ccc1OC(C)C. The molecule has 0 saturated heterocycles. The van der Waals surface area contributed by atoms with Gasteiger partial charge in [0.2, 0.25) is 5.82 Å². The molecule has 4 rings (SSSR count). The fourth-order valence-corrected chi connectivity index (χ4v) is 3.04. The maximum atomic E-state index is 5.75. The number of H-pyrrole nitrogens is 1. The first kappa shape index (κ1) is 18.7. The minimum atomic E-state index is 0.0503. The molecule has 2 aromatic carbocycles. The predicted octanol–water partition coefficient (Wildman–Crippen LogP) is 4.90. The van der Waals surface area contributed by atoms with E-state index in [0.717, 1.165) is 22.4 Å². The molecule has 0 aliphatic carbocycles. The van der Waals surface area contributed by atoms with E-state index < -0.39 is 0 Å². The summed E-state index contributed by atoms with van der Waals surface area (Å²) < 4.78 is 16.6. The van der Waals surface area contributed by atoms with Crippen LogP contribution in [0.1, 0.15) is 19.4 Å². The van der Waals surface area contributed by atoms with E-state index in [2.05, 4.69) is 33.3 Å². The van der Waals surface area contributed by atoms with Gasteiger partial charge in [-0.15, -0.1) is 0 Å². The molecule has 2 heterocycles. The van der Waals surface area contributed by atoms with Gasteiger partial charge >= 0.3 is 0 Å². The van der Waals surface area contributed by atoms with Crippen molar-refractivity contribution in [3.05, 3.63) is 54.1 Å². The minimum Gasteiger partial charge on any atom is -0.493 e. The van der Waals surface area contributed by atoms with Gasteiger partial charge in [-0.05, 0) is 50.6 Å². The number of nitrogens with zero attached hydrogens (tertiary/aromatic N) is 3. The van der Waals surface area contributed by atoms with Gasteiger partial charge in [0.1, 0.15) is 5.69 Å². The van der Waals surface area contributed by atoms with Crippen molar-refractivity contribution < 1.29 is 14.0 Å². The quantitative estimate of drug-likeness (QED) is 0.504. The molecule has 0 atom stereocenters. The Labute approximate surface area is 168 Å². The van der Waals surface area contributed by atoms with Crippen LogP contribution in [0.4, 0.5) is 0 Å². The highest BCUT2D eigenvalue weighted by molar-refractivity contribution is 5.68. The molecule has 0 bridgehead atoms. The molecule has 0 unspecified atom stereocenters. The van der Waals surface area contributed by atoms with Gasteiger partial charge in [0.25, 0.3) is 5.89 Å². The maximum absolute atomic E-state index is 5.75. The molecule has 7 nitrogen and oxygen atoms in total. The smallest absolute Gasteiger partial charge is 0.276 e. The summed E-state index contributed by atoms with van der Waals surface area (Å²) in [5.74, 6) is 2.12. The van der Waals surface area contributed by atoms with Crippen LogP contribution in [0.15, 0.2) is 53.1 Å². The fourth-order valence-electron chi connectivity index (χ4n) is 3.04. The summed E-state index contributed by atoms with van der Waals surface area (Å²) in [5, 5.41) is 11.5. The van der Waals surface area contributed by atoms with Crippen LogP contribution in [-0.4, -0.2) is 33.6 Å². The summed E-state index contributed by atoms with van der Waals surface area (Å²) in [4.78, 5) is 4.50. The first-order valence-electron chi connectivity index (χ1n) is 9.35. The highest BCUT2D eigenvalue weighted by Crippen LogP contribution is 2.33. The molecular weight excluding hydrogens is 368 g/mol. The number of ether oxygens (including phenoxy) is 2. The Bertz CT molecular complexity index is 1130. The van der Waals surface area contributed by atoms with E-state index in [1.54, 1.807) is 7.11 Å². The Morgan fingerprint density at radius 2 is 1.86 bits per heavy atom. The van der Waals surface area contributed by atoms with Crippen LogP contribution in [-0.2, 0) is 0 Å². The lowest BCUT2D eigenvalue weighted by Crippen LogP contribution is -2.06. The molecular formula is C22H22N4O3. The molecule has 0 saturated carbocycles. The normalized spacial score (nSPS) is 11.1. The second-order valence-electron chi connectivity index (χ2n) is 6.94. The van der Waals surface area contributed by atoms with E-state index in [9.17, 15) is 0 Å². The topological polar surface area (TPSA) is 86.1 Å². The number of methoxy groups -OCH3 is 1. The van der Waals surface area contributed by atoms with Crippen molar-refractivity contribution in [3.63, 3.8) is 0 Å². The fraction of sp³-hybridized carbons (Fsp3) is 0.227. The summed E-state index contributed by atoms with van der Waals surface area (Å²) in [6.07, 6.45) is 0.0503. The second-order valence-corrected chi connectivity index (χ2v) is 6.94. The molecule has 0 aliphatic rings. The van der Waals surface area contributed by atoms with Crippen molar-refractivity contribution in [2.75, 3.05) is 7.11 Å². The highest BCUT2D eigenvalue weighted by atomic mass is 16.5. The molecule has 148 valence electrons. The molecule has 0 radical (unpaired) electrons. The van der Waals surface area contributed by atoms with Crippen LogP contribution in [0.25, 0.3) is 34.2 Å². The summed E-state index contributed by atoms with van der Waals surface area (Å²) in [5.41, 5.74) is 4.46. The van der Waals surface area contributed by atoms with E-state index in [4.69, 9.17) is 14.0 Å². The van der Waals surface area contributed by atoms with Gasteiger partial charge in [0, 0.05) is 11.1 Å². The molecule has 0 spiro atoms. The molecule has 4 aromatic rings. The number of nitrogens with one attached hydrogen (secondary N) is 1. The van der Waals surface area contributed by atoms with Crippen molar-refractivity contribution in [1.82, 2.24) is 20.3 Å². The molecule has 29 heavy (non-hydrogen) atoms. The molecule has 2 aromatic heterocycles. The number of aromatic nitrogens is 4. The summed E-state index contributed by atoms with van der Waals surface area (Å²) in [6, 6.07) is 15.5. The number of hydrogen-bond donors (Lipinski definition) is 1. The lowest BCUT2D eigenvalue weighted by molar-refractivity contribution is 0.230. The van der Waals surface area contributed by atoms with Crippen molar-refractivity contribution in [2.24, 2.45) is 0 Å². The van der Waals surface area contributed by atoms with E-state index in [0.29, 0.717) is 28.9 Å². The number of hydrogen-bond acceptors (Lipinski definition) is 6. The lowest BCUT2D eigenvalue weighted by atomic mass is 10.1. The second kappa shape index (κ2) is 7.79. The third kappa shape index (κ3) is 3.85. The highest BCUT2D eigenvalue weighted by Gasteiger charge is 2.16. The average Bonchev–Trinajstić information content (AvgIpc) is 3.38. The van der Waals surface area contributed by atoms with Crippen molar-refractivity contribution >= 4 is 0 Å². The van der Waals surface area contributed by atoms with Gasteiger partial charge in [0.05, 0.1) is 18.9 Å². The first-order chi connectivity index (χ1) is 14.0.